The van der Waals surface area contributed by atoms with Gasteiger partial charge in [-0.3, -0.25) is 4.79 Å². The van der Waals surface area contributed by atoms with E-state index in [2.05, 4.69) is 20.5 Å². The maximum absolute atomic E-state index is 12.6. The molecule has 3 rings (SSSR count). The highest BCUT2D eigenvalue weighted by Gasteiger charge is 2.58. The molecule has 1 aliphatic heterocycles. The molecule has 23 heavy (non-hydrogen) atoms. The second kappa shape index (κ2) is 6.76. The number of amides is 1. The van der Waals surface area contributed by atoms with Crippen molar-refractivity contribution in [2.45, 2.75) is 18.4 Å². The summed E-state index contributed by atoms with van der Waals surface area (Å²) >= 11 is 0. The lowest BCUT2D eigenvalue weighted by Gasteiger charge is -2.29. The van der Waals surface area contributed by atoms with E-state index in [1.807, 2.05) is 6.07 Å². The van der Waals surface area contributed by atoms with Gasteiger partial charge in [-0.15, -0.1) is 0 Å². The van der Waals surface area contributed by atoms with Gasteiger partial charge >= 0.3 is 0 Å². The van der Waals surface area contributed by atoms with Crippen molar-refractivity contribution in [3.05, 3.63) is 24.0 Å². The predicted molar refractivity (Wildman–Crippen MR) is 81.0 cm³/mol. The summed E-state index contributed by atoms with van der Waals surface area (Å²) in [6.07, 6.45) is 0.466. The van der Waals surface area contributed by atoms with Gasteiger partial charge in [-0.2, -0.15) is 0 Å². The Hall–Kier alpha value is -1.80. The van der Waals surface area contributed by atoms with Crippen LogP contribution in [0.1, 0.15) is 16.9 Å². The zero-order chi connectivity index (χ0) is 16.3. The van der Waals surface area contributed by atoms with E-state index in [9.17, 15) is 13.6 Å². The highest BCUT2D eigenvalue weighted by atomic mass is 19.3. The first-order valence-electron chi connectivity index (χ1n) is 7.75. The molecule has 8 heteroatoms. The zero-order valence-electron chi connectivity index (χ0n) is 12.7. The zero-order valence-corrected chi connectivity index (χ0v) is 12.7. The number of alkyl halides is 2. The van der Waals surface area contributed by atoms with E-state index in [4.69, 9.17) is 4.74 Å². The Morgan fingerprint density at radius 2 is 2.17 bits per heavy atom. The van der Waals surface area contributed by atoms with Gasteiger partial charge in [0.15, 0.2) is 0 Å². The Bertz CT molecular complexity index is 547. The minimum absolute atomic E-state index is 0.0743. The normalized spacial score (nSPS) is 22.7. The first-order valence-corrected chi connectivity index (χ1v) is 7.75. The minimum atomic E-state index is -2.69. The summed E-state index contributed by atoms with van der Waals surface area (Å²) in [4.78, 5) is 18.3. The fourth-order valence-electron chi connectivity index (χ4n) is 2.46. The molecular weight excluding hydrogens is 306 g/mol. The van der Waals surface area contributed by atoms with Crippen LogP contribution in [0.5, 0.6) is 0 Å². The summed E-state index contributed by atoms with van der Waals surface area (Å²) in [5.74, 6) is -3.02. The number of ether oxygens (including phenoxy) is 1. The maximum atomic E-state index is 12.6. The summed E-state index contributed by atoms with van der Waals surface area (Å²) in [5, 5.41) is 5.89. The van der Waals surface area contributed by atoms with Crippen LogP contribution >= 0.6 is 0 Å². The molecule has 1 amide bonds. The summed E-state index contributed by atoms with van der Waals surface area (Å²) in [7, 11) is 0. The second-order valence-electron chi connectivity index (χ2n) is 5.72. The number of hydrogen-bond acceptors (Lipinski definition) is 5. The smallest absolute Gasteiger partial charge is 0.276 e. The molecule has 126 valence electrons. The van der Waals surface area contributed by atoms with Crippen molar-refractivity contribution < 1.29 is 18.3 Å². The van der Waals surface area contributed by atoms with Gasteiger partial charge in [0.2, 0.25) is 0 Å². The van der Waals surface area contributed by atoms with Crippen LogP contribution < -0.4 is 15.5 Å². The molecule has 2 heterocycles. The van der Waals surface area contributed by atoms with Gasteiger partial charge in [-0.25, -0.2) is 13.8 Å². The van der Waals surface area contributed by atoms with Crippen LogP contribution in [0.15, 0.2) is 18.3 Å². The van der Waals surface area contributed by atoms with Crippen molar-refractivity contribution in [1.82, 2.24) is 15.6 Å². The third kappa shape index (κ3) is 4.14. The number of aromatic nitrogens is 1. The van der Waals surface area contributed by atoms with E-state index in [0.29, 0.717) is 5.69 Å². The molecule has 0 bridgehead atoms. The largest absolute Gasteiger partial charge is 0.370 e. The van der Waals surface area contributed by atoms with Crippen molar-refractivity contribution in [3.8, 4) is 0 Å². The molecule has 1 unspecified atom stereocenters. The summed E-state index contributed by atoms with van der Waals surface area (Å²) in [5.41, 5.74) is 1.29. The second-order valence-corrected chi connectivity index (χ2v) is 5.72. The average molecular weight is 326 g/mol. The fourth-order valence-corrected chi connectivity index (χ4v) is 2.46. The Morgan fingerprint density at radius 1 is 1.43 bits per heavy atom. The minimum Gasteiger partial charge on any atom is -0.370 e. The standard InChI is InChI=1S/C15H20F2N4O2/c16-15(17)9-13(15)23-8-5-19-14(22)12-2-1-11(10-20-12)21-6-3-18-4-7-21/h1-2,10,13,18H,3-9H2,(H,19,22). The Labute approximate surface area is 133 Å². The van der Waals surface area contributed by atoms with E-state index in [0.717, 1.165) is 31.9 Å². The molecule has 1 aliphatic carbocycles. The van der Waals surface area contributed by atoms with E-state index < -0.39 is 12.0 Å². The molecule has 1 aromatic heterocycles. The van der Waals surface area contributed by atoms with E-state index >= 15 is 0 Å². The van der Waals surface area contributed by atoms with Crippen molar-refractivity contribution in [2.24, 2.45) is 0 Å². The number of nitrogens with one attached hydrogen (secondary N) is 2. The van der Waals surface area contributed by atoms with Crippen LogP contribution in [-0.4, -0.2) is 62.2 Å². The Kier molecular flexibility index (Phi) is 4.72. The number of nitrogens with zero attached hydrogens (tertiary/aromatic N) is 2. The van der Waals surface area contributed by atoms with Crippen LogP contribution in [0.4, 0.5) is 14.5 Å². The van der Waals surface area contributed by atoms with Crippen molar-refractivity contribution in [1.29, 1.82) is 0 Å². The number of anilines is 1. The van der Waals surface area contributed by atoms with Crippen molar-refractivity contribution >= 4 is 11.6 Å². The lowest BCUT2D eigenvalue weighted by Crippen LogP contribution is -2.43. The van der Waals surface area contributed by atoms with Crippen LogP contribution in [-0.2, 0) is 4.74 Å². The van der Waals surface area contributed by atoms with Crippen LogP contribution in [0.3, 0.4) is 0 Å². The maximum Gasteiger partial charge on any atom is 0.276 e. The fraction of sp³-hybridized carbons (Fsp3) is 0.600. The number of piperazine rings is 1. The molecule has 2 fully saturated rings. The predicted octanol–water partition coefficient (Wildman–Crippen LogP) is 0.645. The molecule has 0 radical (unpaired) electrons. The summed E-state index contributed by atoms with van der Waals surface area (Å²) in [6, 6.07) is 3.54. The lowest BCUT2D eigenvalue weighted by molar-refractivity contribution is 0.0145. The molecule has 1 atom stereocenters. The molecule has 0 spiro atoms. The lowest BCUT2D eigenvalue weighted by atomic mass is 10.2. The van der Waals surface area contributed by atoms with Crippen LogP contribution in [0.2, 0.25) is 0 Å². The van der Waals surface area contributed by atoms with Gasteiger partial charge in [-0.1, -0.05) is 0 Å². The summed E-state index contributed by atoms with van der Waals surface area (Å²) in [6.45, 7) is 3.95. The topological polar surface area (TPSA) is 66.5 Å². The number of hydrogen-bond donors (Lipinski definition) is 2. The molecule has 1 saturated carbocycles. The Balaban J connectivity index is 1.42. The van der Waals surface area contributed by atoms with Gasteiger partial charge in [0.05, 0.1) is 18.5 Å². The number of rotatable bonds is 6. The number of pyridine rings is 1. The van der Waals surface area contributed by atoms with Crippen LogP contribution in [0.25, 0.3) is 0 Å². The van der Waals surface area contributed by atoms with Gasteiger partial charge in [-0.05, 0) is 12.1 Å². The molecule has 1 aromatic rings. The summed E-state index contributed by atoms with van der Waals surface area (Å²) < 4.78 is 30.2. The molecule has 0 aromatic carbocycles. The SMILES string of the molecule is O=C(NCCOC1CC1(F)F)c1ccc(N2CCNCC2)cn1. The monoisotopic (exact) mass is 326 g/mol. The van der Waals surface area contributed by atoms with E-state index in [-0.39, 0.29) is 25.5 Å². The third-order valence-corrected chi connectivity index (χ3v) is 3.94. The molecular formula is C15H20F2N4O2. The highest BCUT2D eigenvalue weighted by Crippen LogP contribution is 2.44. The molecule has 6 nitrogen and oxygen atoms in total. The number of halogens is 2. The molecule has 1 saturated heterocycles. The van der Waals surface area contributed by atoms with Crippen molar-refractivity contribution in [2.75, 3.05) is 44.2 Å². The quantitative estimate of drug-likeness (QED) is 0.751. The third-order valence-electron chi connectivity index (χ3n) is 3.94. The highest BCUT2D eigenvalue weighted by molar-refractivity contribution is 5.92. The number of carbonyl (C=O) groups excluding carboxylic acids is 1. The van der Waals surface area contributed by atoms with Crippen LogP contribution in [0, 0.1) is 0 Å². The van der Waals surface area contributed by atoms with Gasteiger partial charge in [0, 0.05) is 39.1 Å². The molecule has 2 N–H and O–H groups in total. The van der Waals surface area contributed by atoms with Crippen molar-refractivity contribution in [3.63, 3.8) is 0 Å². The van der Waals surface area contributed by atoms with Gasteiger partial charge in [0.1, 0.15) is 11.8 Å². The Morgan fingerprint density at radius 3 is 2.78 bits per heavy atom. The first-order chi connectivity index (χ1) is 11.1. The van der Waals surface area contributed by atoms with Gasteiger partial charge in [0.25, 0.3) is 11.8 Å². The average Bonchev–Trinajstić information content (AvgIpc) is 3.19. The number of carbonyl (C=O) groups is 1. The van der Waals surface area contributed by atoms with Gasteiger partial charge < -0.3 is 20.3 Å². The van der Waals surface area contributed by atoms with E-state index in [1.54, 1.807) is 12.3 Å². The molecule has 2 aliphatic rings. The van der Waals surface area contributed by atoms with E-state index in [1.165, 1.54) is 0 Å². The first kappa shape index (κ1) is 16.1.